The minimum absolute atomic E-state index is 0.166. The van der Waals surface area contributed by atoms with Crippen LogP contribution in [-0.2, 0) is 19.1 Å². The molecule has 4 heteroatoms. The zero-order chi connectivity index (χ0) is 16.0. The largest absolute Gasteiger partial charge is 0.457 e. The number of esters is 2. The van der Waals surface area contributed by atoms with Crippen molar-refractivity contribution in [3.8, 4) is 0 Å². The van der Waals surface area contributed by atoms with Gasteiger partial charge in [-0.2, -0.15) is 0 Å². The molecule has 0 aromatic rings. The van der Waals surface area contributed by atoms with Gasteiger partial charge in [-0.25, -0.2) is 4.79 Å². The van der Waals surface area contributed by atoms with Crippen LogP contribution in [0.4, 0.5) is 0 Å². The summed E-state index contributed by atoms with van der Waals surface area (Å²) in [5.74, 6) is 1.78. The molecule has 0 atom stereocenters. The summed E-state index contributed by atoms with van der Waals surface area (Å²) in [5.41, 5.74) is -0.372. The van der Waals surface area contributed by atoms with E-state index in [1.165, 1.54) is 38.5 Å². The summed E-state index contributed by atoms with van der Waals surface area (Å²) in [6.07, 6.45) is 8.13. The zero-order valence-electron chi connectivity index (χ0n) is 14.0. The lowest BCUT2D eigenvalue weighted by molar-refractivity contribution is -0.169. The maximum atomic E-state index is 12.2. The first kappa shape index (κ1) is 15.8. The van der Waals surface area contributed by atoms with Gasteiger partial charge in [0.15, 0.2) is 6.61 Å². The second kappa shape index (κ2) is 5.54. The molecule has 0 heterocycles. The second-order valence-corrected chi connectivity index (χ2v) is 8.84. The first-order valence-corrected chi connectivity index (χ1v) is 8.60. The van der Waals surface area contributed by atoms with E-state index in [1.54, 1.807) is 0 Å². The Morgan fingerprint density at radius 3 is 1.91 bits per heavy atom. The standard InChI is InChI=1S/C18H28O4/c1-17(2,3)22-16(20)11-21-15(19)10-18-7-12-4-13(8-18)6-14(5-12)9-18/h12-14H,4-11H2,1-3H3. The van der Waals surface area contributed by atoms with Crippen molar-refractivity contribution in [2.24, 2.45) is 23.2 Å². The van der Waals surface area contributed by atoms with Crippen molar-refractivity contribution >= 4 is 11.9 Å². The minimum Gasteiger partial charge on any atom is -0.457 e. The molecule has 4 saturated carbocycles. The lowest BCUT2D eigenvalue weighted by Crippen LogP contribution is -2.47. The van der Waals surface area contributed by atoms with Gasteiger partial charge in [-0.3, -0.25) is 4.79 Å². The predicted molar refractivity (Wildman–Crippen MR) is 82.0 cm³/mol. The number of hydrogen-bond acceptors (Lipinski definition) is 4. The molecule has 0 aromatic carbocycles. The van der Waals surface area contributed by atoms with Crippen LogP contribution >= 0.6 is 0 Å². The van der Waals surface area contributed by atoms with Crippen LogP contribution in [0, 0.1) is 23.2 Å². The van der Waals surface area contributed by atoms with Crippen LogP contribution in [0.2, 0.25) is 0 Å². The van der Waals surface area contributed by atoms with Gasteiger partial charge >= 0.3 is 11.9 Å². The third kappa shape index (κ3) is 3.64. The lowest BCUT2D eigenvalue weighted by Gasteiger charge is -2.56. The number of carbonyl (C=O) groups is 2. The SMILES string of the molecule is CC(C)(C)OC(=O)COC(=O)CC12CC3CC(CC(C3)C1)C2. The molecule has 4 fully saturated rings. The van der Waals surface area contributed by atoms with Crippen molar-refractivity contribution in [2.45, 2.75) is 71.3 Å². The summed E-state index contributed by atoms with van der Waals surface area (Å²) >= 11 is 0. The van der Waals surface area contributed by atoms with Crippen LogP contribution in [0.1, 0.15) is 65.7 Å². The van der Waals surface area contributed by atoms with E-state index in [0.717, 1.165) is 17.8 Å². The molecule has 0 aliphatic heterocycles. The van der Waals surface area contributed by atoms with Crippen LogP contribution in [-0.4, -0.2) is 24.1 Å². The molecular weight excluding hydrogens is 280 g/mol. The summed E-state index contributed by atoms with van der Waals surface area (Å²) in [6.45, 7) is 5.16. The van der Waals surface area contributed by atoms with Crippen LogP contribution in [0.5, 0.6) is 0 Å². The summed E-state index contributed by atoms with van der Waals surface area (Å²) in [5, 5.41) is 0. The van der Waals surface area contributed by atoms with E-state index in [0.29, 0.717) is 6.42 Å². The molecule has 0 amide bonds. The third-order valence-corrected chi connectivity index (χ3v) is 5.46. The Bertz CT molecular complexity index is 425. The van der Waals surface area contributed by atoms with Crippen LogP contribution in [0.15, 0.2) is 0 Å². The van der Waals surface area contributed by atoms with Gasteiger partial charge in [0, 0.05) is 0 Å². The fourth-order valence-corrected chi connectivity index (χ4v) is 5.37. The summed E-state index contributed by atoms with van der Waals surface area (Å²) in [4.78, 5) is 23.8. The smallest absolute Gasteiger partial charge is 0.344 e. The maximum absolute atomic E-state index is 12.2. The monoisotopic (exact) mass is 308 g/mol. The molecule has 0 spiro atoms. The highest BCUT2D eigenvalue weighted by Crippen LogP contribution is 2.61. The topological polar surface area (TPSA) is 52.6 Å². The Kier molecular flexibility index (Phi) is 3.98. The van der Waals surface area contributed by atoms with Crippen molar-refractivity contribution in [1.29, 1.82) is 0 Å². The van der Waals surface area contributed by atoms with Gasteiger partial charge in [0.05, 0.1) is 6.42 Å². The molecular formula is C18H28O4. The van der Waals surface area contributed by atoms with Crippen molar-refractivity contribution < 1.29 is 19.1 Å². The summed E-state index contributed by atoms with van der Waals surface area (Å²) < 4.78 is 10.3. The highest BCUT2D eigenvalue weighted by atomic mass is 16.6. The van der Waals surface area contributed by atoms with Gasteiger partial charge in [-0.1, -0.05) is 0 Å². The third-order valence-electron chi connectivity index (χ3n) is 5.46. The number of ether oxygens (including phenoxy) is 2. The highest BCUT2D eigenvalue weighted by molar-refractivity contribution is 5.77. The highest BCUT2D eigenvalue weighted by Gasteiger charge is 2.51. The first-order valence-electron chi connectivity index (χ1n) is 8.60. The zero-order valence-corrected chi connectivity index (χ0v) is 14.0. The molecule has 4 aliphatic rings. The lowest BCUT2D eigenvalue weighted by atomic mass is 9.49. The Balaban J connectivity index is 1.49. The van der Waals surface area contributed by atoms with Gasteiger partial charge in [-0.15, -0.1) is 0 Å². The molecule has 0 unspecified atom stereocenters. The number of rotatable bonds is 4. The van der Waals surface area contributed by atoms with Crippen LogP contribution in [0.25, 0.3) is 0 Å². The van der Waals surface area contributed by atoms with Gasteiger partial charge < -0.3 is 9.47 Å². The van der Waals surface area contributed by atoms with E-state index >= 15 is 0 Å². The van der Waals surface area contributed by atoms with E-state index in [1.807, 2.05) is 20.8 Å². The predicted octanol–water partition coefficient (Wildman–Crippen LogP) is 3.48. The van der Waals surface area contributed by atoms with Gasteiger partial charge in [0.2, 0.25) is 0 Å². The molecule has 4 aliphatic carbocycles. The molecule has 0 radical (unpaired) electrons. The van der Waals surface area contributed by atoms with Crippen LogP contribution < -0.4 is 0 Å². The van der Waals surface area contributed by atoms with Crippen molar-refractivity contribution in [3.63, 3.8) is 0 Å². The van der Waals surface area contributed by atoms with Gasteiger partial charge in [0.25, 0.3) is 0 Å². The van der Waals surface area contributed by atoms with E-state index in [9.17, 15) is 9.59 Å². The number of hydrogen-bond donors (Lipinski definition) is 0. The van der Waals surface area contributed by atoms with Crippen molar-refractivity contribution in [3.05, 3.63) is 0 Å². The molecule has 4 bridgehead atoms. The molecule has 0 aromatic heterocycles. The molecule has 0 N–H and O–H groups in total. The molecule has 0 saturated heterocycles. The second-order valence-electron chi connectivity index (χ2n) is 8.84. The summed E-state index contributed by atoms with van der Waals surface area (Å²) in [6, 6.07) is 0. The minimum atomic E-state index is -0.538. The van der Waals surface area contributed by atoms with Gasteiger partial charge in [0.1, 0.15) is 5.60 Å². The van der Waals surface area contributed by atoms with Crippen LogP contribution in [0.3, 0.4) is 0 Å². The van der Waals surface area contributed by atoms with Crippen molar-refractivity contribution in [1.82, 2.24) is 0 Å². The van der Waals surface area contributed by atoms with Crippen molar-refractivity contribution in [2.75, 3.05) is 6.61 Å². The average Bonchev–Trinajstić information content (AvgIpc) is 2.32. The Labute approximate surface area is 132 Å². The van der Waals surface area contributed by atoms with E-state index in [-0.39, 0.29) is 18.0 Å². The molecule has 4 nitrogen and oxygen atoms in total. The quantitative estimate of drug-likeness (QED) is 0.746. The average molecular weight is 308 g/mol. The fourth-order valence-electron chi connectivity index (χ4n) is 5.37. The fraction of sp³-hybridized carbons (Fsp3) is 0.889. The molecule has 22 heavy (non-hydrogen) atoms. The Hall–Kier alpha value is -1.06. The summed E-state index contributed by atoms with van der Waals surface area (Å²) in [7, 11) is 0. The Morgan fingerprint density at radius 2 is 1.45 bits per heavy atom. The molecule has 124 valence electrons. The first-order chi connectivity index (χ1) is 10.2. The molecule has 4 rings (SSSR count). The number of carbonyl (C=O) groups excluding carboxylic acids is 2. The van der Waals surface area contributed by atoms with E-state index < -0.39 is 11.6 Å². The van der Waals surface area contributed by atoms with Gasteiger partial charge in [-0.05, 0) is 82.5 Å². The maximum Gasteiger partial charge on any atom is 0.344 e. The van der Waals surface area contributed by atoms with E-state index in [2.05, 4.69) is 0 Å². The van der Waals surface area contributed by atoms with E-state index in [4.69, 9.17) is 9.47 Å². The Morgan fingerprint density at radius 1 is 0.955 bits per heavy atom. The normalized spacial score (nSPS) is 36.2.